The van der Waals surface area contributed by atoms with Crippen molar-refractivity contribution < 1.29 is 14.8 Å². The molecule has 0 bridgehead atoms. The Kier molecular flexibility index (Phi) is 4.22. The first-order valence-electron chi connectivity index (χ1n) is 6.76. The number of nitro groups is 1. The van der Waals surface area contributed by atoms with Crippen molar-refractivity contribution in [1.29, 1.82) is 0 Å². The number of para-hydroxylation sites is 1. The van der Waals surface area contributed by atoms with Crippen LogP contribution < -0.4 is 4.90 Å². The molecule has 1 aromatic rings. The van der Waals surface area contributed by atoms with Gasteiger partial charge in [0, 0.05) is 12.6 Å². The molecule has 6 nitrogen and oxygen atoms in total. The van der Waals surface area contributed by atoms with Gasteiger partial charge in [0.2, 0.25) is 0 Å². The summed E-state index contributed by atoms with van der Waals surface area (Å²) in [5, 5.41) is 20.6. The van der Waals surface area contributed by atoms with Crippen LogP contribution in [0.1, 0.15) is 31.2 Å². The SMILES string of the molecule is Cc1cccc([N+](=O)[O-])c1N1CCCCCC1C(=O)O. The first-order valence-corrected chi connectivity index (χ1v) is 6.76. The molecule has 1 N–H and O–H groups in total. The van der Waals surface area contributed by atoms with E-state index in [-0.39, 0.29) is 5.69 Å². The summed E-state index contributed by atoms with van der Waals surface area (Å²) in [6.45, 7) is 2.33. The summed E-state index contributed by atoms with van der Waals surface area (Å²) >= 11 is 0. The van der Waals surface area contributed by atoms with Crippen LogP contribution >= 0.6 is 0 Å². The highest BCUT2D eigenvalue weighted by molar-refractivity contribution is 5.81. The second-order valence-corrected chi connectivity index (χ2v) is 5.10. The summed E-state index contributed by atoms with van der Waals surface area (Å²) < 4.78 is 0. The molecule has 1 fully saturated rings. The van der Waals surface area contributed by atoms with Gasteiger partial charge in [0.25, 0.3) is 5.69 Å². The highest BCUT2D eigenvalue weighted by Gasteiger charge is 2.32. The maximum atomic E-state index is 11.5. The number of nitrogens with zero attached hydrogens (tertiary/aromatic N) is 2. The van der Waals surface area contributed by atoms with Crippen molar-refractivity contribution in [3.8, 4) is 0 Å². The molecule has 20 heavy (non-hydrogen) atoms. The number of benzene rings is 1. The van der Waals surface area contributed by atoms with Crippen molar-refractivity contribution in [2.45, 2.75) is 38.6 Å². The zero-order valence-electron chi connectivity index (χ0n) is 11.4. The van der Waals surface area contributed by atoms with Crippen LogP contribution in [-0.2, 0) is 4.79 Å². The van der Waals surface area contributed by atoms with Gasteiger partial charge in [-0.05, 0) is 25.3 Å². The summed E-state index contributed by atoms with van der Waals surface area (Å²) in [5.74, 6) is -0.913. The molecule has 1 aliphatic heterocycles. The lowest BCUT2D eigenvalue weighted by Gasteiger charge is -2.29. The first-order chi connectivity index (χ1) is 9.52. The van der Waals surface area contributed by atoms with Crippen LogP contribution in [0.25, 0.3) is 0 Å². The van der Waals surface area contributed by atoms with E-state index in [0.717, 1.165) is 24.8 Å². The number of hydrogen-bond acceptors (Lipinski definition) is 4. The van der Waals surface area contributed by atoms with E-state index >= 15 is 0 Å². The number of rotatable bonds is 3. The quantitative estimate of drug-likeness (QED) is 0.679. The standard InChI is InChI=1S/C14H18N2O4/c1-10-6-5-8-11(16(19)20)13(10)15-9-4-2-3-7-12(15)14(17)18/h5-6,8,12H,2-4,7,9H2,1H3,(H,17,18). The third-order valence-corrected chi connectivity index (χ3v) is 3.74. The molecule has 0 amide bonds. The highest BCUT2D eigenvalue weighted by atomic mass is 16.6. The van der Waals surface area contributed by atoms with Gasteiger partial charge in [-0.2, -0.15) is 0 Å². The Bertz CT molecular complexity index is 530. The monoisotopic (exact) mass is 278 g/mol. The van der Waals surface area contributed by atoms with Crippen LogP contribution in [0.4, 0.5) is 11.4 Å². The van der Waals surface area contributed by atoms with E-state index in [1.54, 1.807) is 24.0 Å². The van der Waals surface area contributed by atoms with Crippen molar-refractivity contribution in [3.63, 3.8) is 0 Å². The van der Waals surface area contributed by atoms with Crippen molar-refractivity contribution in [2.75, 3.05) is 11.4 Å². The second kappa shape index (κ2) is 5.90. The largest absolute Gasteiger partial charge is 0.480 e. The third kappa shape index (κ3) is 2.74. The lowest BCUT2D eigenvalue weighted by molar-refractivity contribution is -0.384. The topological polar surface area (TPSA) is 83.7 Å². The molecule has 0 saturated carbocycles. The first kappa shape index (κ1) is 14.3. The molecule has 1 unspecified atom stereocenters. The molecule has 1 aliphatic rings. The minimum absolute atomic E-state index is 0.0156. The molecule has 0 aliphatic carbocycles. The number of carboxylic acids is 1. The van der Waals surface area contributed by atoms with Gasteiger partial charge in [-0.1, -0.05) is 25.0 Å². The zero-order chi connectivity index (χ0) is 14.7. The molecule has 2 rings (SSSR count). The molecule has 108 valence electrons. The fourth-order valence-corrected chi connectivity index (χ4v) is 2.80. The Balaban J connectivity index is 2.51. The van der Waals surface area contributed by atoms with Gasteiger partial charge in [0.1, 0.15) is 11.7 Å². The van der Waals surface area contributed by atoms with Crippen molar-refractivity contribution in [1.82, 2.24) is 0 Å². The van der Waals surface area contributed by atoms with Crippen molar-refractivity contribution >= 4 is 17.3 Å². The van der Waals surface area contributed by atoms with Crippen LogP contribution in [0, 0.1) is 17.0 Å². The normalized spacial score (nSPS) is 19.4. The highest BCUT2D eigenvalue weighted by Crippen LogP contribution is 2.35. The summed E-state index contributed by atoms with van der Waals surface area (Å²) in [7, 11) is 0. The lowest BCUT2D eigenvalue weighted by atomic mass is 10.1. The van der Waals surface area contributed by atoms with E-state index in [1.165, 1.54) is 6.07 Å². The molecule has 0 radical (unpaired) electrons. The van der Waals surface area contributed by atoms with E-state index in [4.69, 9.17) is 0 Å². The van der Waals surface area contributed by atoms with Gasteiger partial charge in [-0.25, -0.2) is 4.79 Å². The molecule has 1 saturated heterocycles. The van der Waals surface area contributed by atoms with Gasteiger partial charge in [0.15, 0.2) is 0 Å². The van der Waals surface area contributed by atoms with Crippen LogP contribution in [0.2, 0.25) is 0 Å². The Labute approximate surface area is 117 Å². The van der Waals surface area contributed by atoms with E-state index < -0.39 is 16.9 Å². The van der Waals surface area contributed by atoms with Gasteiger partial charge >= 0.3 is 5.97 Å². The number of anilines is 1. The van der Waals surface area contributed by atoms with Gasteiger partial charge < -0.3 is 10.0 Å². The van der Waals surface area contributed by atoms with Crippen molar-refractivity contribution in [3.05, 3.63) is 33.9 Å². The maximum absolute atomic E-state index is 11.5. The molecule has 1 heterocycles. The summed E-state index contributed by atoms with van der Waals surface area (Å²) in [4.78, 5) is 23.9. The van der Waals surface area contributed by atoms with Gasteiger partial charge in [0.05, 0.1) is 4.92 Å². The Hall–Kier alpha value is -2.11. The Morgan fingerprint density at radius 1 is 1.40 bits per heavy atom. The molecule has 1 aromatic carbocycles. The zero-order valence-corrected chi connectivity index (χ0v) is 11.4. The minimum atomic E-state index is -0.913. The maximum Gasteiger partial charge on any atom is 0.326 e. The lowest BCUT2D eigenvalue weighted by Crippen LogP contribution is -2.41. The Morgan fingerprint density at radius 3 is 2.80 bits per heavy atom. The fourth-order valence-electron chi connectivity index (χ4n) is 2.80. The van der Waals surface area contributed by atoms with Gasteiger partial charge in [-0.3, -0.25) is 10.1 Å². The molecule has 0 spiro atoms. The van der Waals surface area contributed by atoms with Gasteiger partial charge in [-0.15, -0.1) is 0 Å². The van der Waals surface area contributed by atoms with Crippen LogP contribution in [0.15, 0.2) is 18.2 Å². The molecule has 6 heteroatoms. The van der Waals surface area contributed by atoms with E-state index in [2.05, 4.69) is 0 Å². The number of aryl methyl sites for hydroxylation is 1. The number of carboxylic acid groups (broad SMARTS) is 1. The number of aliphatic carboxylic acids is 1. The fraction of sp³-hybridized carbons (Fsp3) is 0.500. The molecule has 1 atom stereocenters. The smallest absolute Gasteiger partial charge is 0.326 e. The van der Waals surface area contributed by atoms with Crippen molar-refractivity contribution in [2.24, 2.45) is 0 Å². The van der Waals surface area contributed by atoms with E-state index in [0.29, 0.717) is 18.7 Å². The number of hydrogen-bond donors (Lipinski definition) is 1. The Morgan fingerprint density at radius 2 is 2.15 bits per heavy atom. The predicted octanol–water partition coefficient (Wildman–Crippen LogP) is 2.74. The minimum Gasteiger partial charge on any atom is -0.480 e. The van der Waals surface area contributed by atoms with Crippen LogP contribution in [-0.4, -0.2) is 28.6 Å². The average Bonchev–Trinajstić information content (AvgIpc) is 2.63. The molecular weight excluding hydrogens is 260 g/mol. The summed E-state index contributed by atoms with van der Waals surface area (Å²) in [5.41, 5.74) is 1.18. The average molecular weight is 278 g/mol. The predicted molar refractivity (Wildman–Crippen MR) is 75.1 cm³/mol. The number of carbonyl (C=O) groups is 1. The molecular formula is C14H18N2O4. The van der Waals surface area contributed by atoms with E-state index in [9.17, 15) is 20.0 Å². The van der Waals surface area contributed by atoms with Crippen LogP contribution in [0.5, 0.6) is 0 Å². The molecule has 0 aromatic heterocycles. The number of nitro benzene ring substituents is 1. The van der Waals surface area contributed by atoms with E-state index in [1.807, 2.05) is 0 Å². The third-order valence-electron chi connectivity index (χ3n) is 3.74. The summed E-state index contributed by atoms with van der Waals surface area (Å²) in [6, 6.07) is 4.17. The second-order valence-electron chi connectivity index (χ2n) is 5.10. The van der Waals surface area contributed by atoms with Crippen LogP contribution in [0.3, 0.4) is 0 Å². The summed E-state index contributed by atoms with van der Waals surface area (Å²) in [6.07, 6.45) is 3.18.